The van der Waals surface area contributed by atoms with E-state index in [2.05, 4.69) is 22.7 Å². The Hall–Kier alpha value is -1.62. The predicted octanol–water partition coefficient (Wildman–Crippen LogP) is 2.03. The van der Waals surface area contributed by atoms with E-state index in [0.717, 1.165) is 44.7 Å². The smallest absolute Gasteiger partial charge is 0.267 e. The minimum Gasteiger partial charge on any atom is -0.370 e. The minimum atomic E-state index is -0.0727. The summed E-state index contributed by atoms with van der Waals surface area (Å²) in [4.78, 5) is 16.3. The molecule has 0 unspecified atom stereocenters. The van der Waals surface area contributed by atoms with Crippen LogP contribution in [0.3, 0.4) is 0 Å². The molecule has 1 aromatic rings. The summed E-state index contributed by atoms with van der Waals surface area (Å²) in [5.74, 6) is 0.743. The number of nitrogens with zero attached hydrogens (tertiary/aromatic N) is 2. The second-order valence-electron chi connectivity index (χ2n) is 4.85. The molecule has 2 heterocycles. The van der Waals surface area contributed by atoms with Crippen LogP contribution in [-0.4, -0.2) is 35.5 Å². The van der Waals surface area contributed by atoms with Crippen LogP contribution in [0.5, 0.6) is 0 Å². The summed E-state index contributed by atoms with van der Waals surface area (Å²) in [6, 6.07) is 3.66. The molecule has 1 amide bonds. The van der Waals surface area contributed by atoms with Gasteiger partial charge in [0.2, 0.25) is 0 Å². The first kappa shape index (κ1) is 13.8. The van der Waals surface area contributed by atoms with E-state index in [-0.39, 0.29) is 5.91 Å². The zero-order valence-electron chi connectivity index (χ0n) is 11.5. The van der Waals surface area contributed by atoms with Crippen LogP contribution in [0.4, 0.5) is 5.82 Å². The van der Waals surface area contributed by atoms with Crippen molar-refractivity contribution in [2.75, 3.05) is 25.0 Å². The number of anilines is 1. The molecule has 2 N–H and O–H groups in total. The topological polar surface area (TPSA) is 57.3 Å². The molecule has 0 radical (unpaired) electrons. The van der Waals surface area contributed by atoms with E-state index >= 15 is 0 Å². The summed E-state index contributed by atoms with van der Waals surface area (Å²) in [5, 5.41) is 5.18. The quantitative estimate of drug-likeness (QED) is 0.852. The number of amides is 1. The van der Waals surface area contributed by atoms with Gasteiger partial charge in [0.05, 0.1) is 5.56 Å². The molecule has 19 heavy (non-hydrogen) atoms. The van der Waals surface area contributed by atoms with Crippen molar-refractivity contribution in [1.82, 2.24) is 15.4 Å². The Morgan fingerprint density at radius 1 is 1.32 bits per heavy atom. The lowest BCUT2D eigenvalue weighted by Crippen LogP contribution is -2.45. The molecular weight excluding hydrogens is 240 g/mol. The molecule has 5 nitrogen and oxygen atoms in total. The number of pyridine rings is 1. The Balaban J connectivity index is 1.87. The number of carbonyl (C=O) groups is 1. The highest BCUT2D eigenvalue weighted by molar-refractivity contribution is 5.93. The molecule has 1 aliphatic rings. The van der Waals surface area contributed by atoms with Crippen molar-refractivity contribution in [3.05, 3.63) is 23.9 Å². The van der Waals surface area contributed by atoms with E-state index in [1.54, 1.807) is 6.20 Å². The van der Waals surface area contributed by atoms with Gasteiger partial charge < -0.3 is 5.32 Å². The van der Waals surface area contributed by atoms with Gasteiger partial charge in [-0.05, 0) is 31.4 Å². The molecule has 0 atom stereocenters. The monoisotopic (exact) mass is 262 g/mol. The van der Waals surface area contributed by atoms with Crippen molar-refractivity contribution in [2.24, 2.45) is 0 Å². The fourth-order valence-corrected chi connectivity index (χ4v) is 2.10. The molecule has 1 aromatic heterocycles. The molecule has 1 saturated heterocycles. The average Bonchev–Trinajstić information content (AvgIpc) is 2.46. The lowest BCUT2D eigenvalue weighted by atomic mass is 10.2. The number of hydrogen-bond donors (Lipinski definition) is 2. The molecule has 0 saturated carbocycles. The summed E-state index contributed by atoms with van der Waals surface area (Å²) in [5.41, 5.74) is 3.54. The highest BCUT2D eigenvalue weighted by atomic mass is 16.2. The first-order valence-corrected chi connectivity index (χ1v) is 7.05. The Morgan fingerprint density at radius 2 is 2.11 bits per heavy atom. The van der Waals surface area contributed by atoms with E-state index < -0.39 is 0 Å². The van der Waals surface area contributed by atoms with Crippen molar-refractivity contribution < 1.29 is 4.79 Å². The third-order valence-electron chi connectivity index (χ3n) is 3.20. The van der Waals surface area contributed by atoms with Crippen LogP contribution in [-0.2, 0) is 0 Å². The van der Waals surface area contributed by atoms with Gasteiger partial charge in [-0.3, -0.25) is 10.2 Å². The largest absolute Gasteiger partial charge is 0.370 e. The van der Waals surface area contributed by atoms with E-state index in [9.17, 15) is 4.79 Å². The number of hydrazine groups is 1. The predicted molar refractivity (Wildman–Crippen MR) is 75.9 cm³/mol. The highest BCUT2D eigenvalue weighted by Crippen LogP contribution is 2.08. The summed E-state index contributed by atoms with van der Waals surface area (Å²) in [6.07, 6.45) is 6.23. The molecule has 2 rings (SSSR count). The maximum Gasteiger partial charge on any atom is 0.267 e. The van der Waals surface area contributed by atoms with Crippen molar-refractivity contribution in [1.29, 1.82) is 0 Å². The number of piperidine rings is 1. The number of carbonyl (C=O) groups excluding carboxylic acids is 1. The van der Waals surface area contributed by atoms with Gasteiger partial charge in [-0.1, -0.05) is 13.3 Å². The van der Waals surface area contributed by atoms with Crippen molar-refractivity contribution in [3.8, 4) is 0 Å². The second kappa shape index (κ2) is 7.09. The first-order chi connectivity index (χ1) is 9.29. The number of nitrogens with one attached hydrogen (secondary N) is 2. The third kappa shape index (κ3) is 4.21. The zero-order valence-corrected chi connectivity index (χ0v) is 11.5. The van der Waals surface area contributed by atoms with Crippen molar-refractivity contribution in [3.63, 3.8) is 0 Å². The fraction of sp³-hybridized carbons (Fsp3) is 0.571. The zero-order chi connectivity index (χ0) is 13.5. The Labute approximate surface area is 114 Å². The summed E-state index contributed by atoms with van der Waals surface area (Å²) < 4.78 is 0. The lowest BCUT2D eigenvalue weighted by Gasteiger charge is -2.26. The van der Waals surface area contributed by atoms with Gasteiger partial charge in [0.15, 0.2) is 0 Å². The first-order valence-electron chi connectivity index (χ1n) is 7.05. The fourth-order valence-electron chi connectivity index (χ4n) is 2.10. The molecule has 1 fully saturated rings. The van der Waals surface area contributed by atoms with E-state index in [4.69, 9.17) is 0 Å². The van der Waals surface area contributed by atoms with Gasteiger partial charge in [-0.15, -0.1) is 0 Å². The molecule has 0 aromatic carbocycles. The minimum absolute atomic E-state index is 0.0727. The Kier molecular flexibility index (Phi) is 5.15. The molecule has 0 aliphatic carbocycles. The molecule has 0 bridgehead atoms. The normalized spacial score (nSPS) is 16.1. The van der Waals surface area contributed by atoms with Gasteiger partial charge in [-0.2, -0.15) is 0 Å². The third-order valence-corrected chi connectivity index (χ3v) is 3.20. The van der Waals surface area contributed by atoms with Crippen LogP contribution in [0.2, 0.25) is 0 Å². The lowest BCUT2D eigenvalue weighted by molar-refractivity contribution is 0.0749. The van der Waals surface area contributed by atoms with E-state index in [0.29, 0.717) is 5.56 Å². The summed E-state index contributed by atoms with van der Waals surface area (Å²) in [7, 11) is 0. The molecular formula is C14H22N4O. The van der Waals surface area contributed by atoms with Crippen LogP contribution in [0.15, 0.2) is 18.3 Å². The van der Waals surface area contributed by atoms with E-state index in [1.165, 1.54) is 6.42 Å². The van der Waals surface area contributed by atoms with Gasteiger partial charge in [0.25, 0.3) is 5.91 Å². The van der Waals surface area contributed by atoms with Gasteiger partial charge in [-0.25, -0.2) is 9.99 Å². The highest BCUT2D eigenvalue weighted by Gasteiger charge is 2.14. The Bertz CT molecular complexity index is 398. The van der Waals surface area contributed by atoms with Crippen LogP contribution in [0.25, 0.3) is 0 Å². The summed E-state index contributed by atoms with van der Waals surface area (Å²) in [6.45, 7) is 4.88. The average molecular weight is 262 g/mol. The van der Waals surface area contributed by atoms with Crippen LogP contribution in [0, 0.1) is 0 Å². The second-order valence-corrected chi connectivity index (χ2v) is 4.85. The van der Waals surface area contributed by atoms with E-state index in [1.807, 2.05) is 17.1 Å². The van der Waals surface area contributed by atoms with Gasteiger partial charge >= 0.3 is 0 Å². The SMILES string of the molecule is CCCNc1ccc(C(=O)NN2CCCCC2)cn1. The van der Waals surface area contributed by atoms with Gasteiger partial charge in [0, 0.05) is 25.8 Å². The van der Waals surface area contributed by atoms with Crippen molar-refractivity contribution >= 4 is 11.7 Å². The van der Waals surface area contributed by atoms with Crippen LogP contribution >= 0.6 is 0 Å². The maximum absolute atomic E-state index is 12.0. The molecule has 5 heteroatoms. The number of hydrogen-bond acceptors (Lipinski definition) is 4. The molecule has 1 aliphatic heterocycles. The molecule has 0 spiro atoms. The van der Waals surface area contributed by atoms with Crippen LogP contribution < -0.4 is 10.7 Å². The van der Waals surface area contributed by atoms with Crippen molar-refractivity contribution in [2.45, 2.75) is 32.6 Å². The maximum atomic E-state index is 12.0. The van der Waals surface area contributed by atoms with Gasteiger partial charge in [0.1, 0.15) is 5.82 Å². The molecule has 104 valence electrons. The summed E-state index contributed by atoms with van der Waals surface area (Å²) >= 11 is 0. The Morgan fingerprint density at radius 3 is 2.74 bits per heavy atom. The number of rotatable bonds is 5. The standard InChI is InChI=1S/C14H22N4O/c1-2-8-15-13-7-6-12(11-16-13)14(19)17-18-9-4-3-5-10-18/h6-7,11H,2-5,8-10H2,1H3,(H,15,16)(H,17,19). The number of aromatic nitrogens is 1. The van der Waals surface area contributed by atoms with Crippen LogP contribution in [0.1, 0.15) is 43.0 Å².